The highest BCUT2D eigenvalue weighted by Gasteiger charge is 2.46. The summed E-state index contributed by atoms with van der Waals surface area (Å²) in [6.07, 6.45) is 1.63. The normalized spacial score (nSPS) is 19.6. The van der Waals surface area contributed by atoms with Gasteiger partial charge in [-0.05, 0) is 37.1 Å². The van der Waals surface area contributed by atoms with Crippen molar-refractivity contribution in [2.24, 2.45) is 5.22 Å². The zero-order valence-corrected chi connectivity index (χ0v) is 19.0. The van der Waals surface area contributed by atoms with Gasteiger partial charge in [0.05, 0.1) is 25.3 Å². The van der Waals surface area contributed by atoms with Crippen LogP contribution in [0.2, 0.25) is 30.1 Å². The summed E-state index contributed by atoms with van der Waals surface area (Å²) in [6.45, 7) is 4.17. The van der Waals surface area contributed by atoms with E-state index in [2.05, 4.69) is 13.8 Å². The van der Waals surface area contributed by atoms with Crippen LogP contribution in [0, 0.1) is 0 Å². The van der Waals surface area contributed by atoms with Gasteiger partial charge in [0, 0.05) is 10.0 Å². The summed E-state index contributed by atoms with van der Waals surface area (Å²) in [7, 11) is 0. The number of anilines is 1. The van der Waals surface area contributed by atoms with Crippen LogP contribution in [-0.2, 0) is 0 Å². The molecule has 3 rings (SSSR count). The second-order valence-electron chi connectivity index (χ2n) is 6.17. The molecule has 2 atom stereocenters. The van der Waals surface area contributed by atoms with Gasteiger partial charge in [-0.15, -0.1) is 9.71 Å². The van der Waals surface area contributed by atoms with E-state index in [-0.39, 0.29) is 12.1 Å². The van der Waals surface area contributed by atoms with Gasteiger partial charge in [0.25, 0.3) is 0 Å². The van der Waals surface area contributed by atoms with E-state index in [0.29, 0.717) is 41.5 Å². The third-order valence-corrected chi connectivity index (χ3v) is 6.11. The topological polar surface area (TPSA) is 18.6 Å². The van der Waals surface area contributed by atoms with E-state index in [9.17, 15) is 0 Å². The predicted octanol–water partition coefficient (Wildman–Crippen LogP) is 8.70. The van der Waals surface area contributed by atoms with Crippen LogP contribution in [0.3, 0.4) is 0 Å². The smallest absolute Gasteiger partial charge is 0.123 e. The molecular weight excluding hydrogens is 471 g/mol. The molecule has 27 heavy (non-hydrogen) atoms. The maximum absolute atomic E-state index is 6.45. The minimum Gasteiger partial charge on any atom is -0.123 e. The Bertz CT molecular complexity index is 868. The van der Waals surface area contributed by atoms with Gasteiger partial charge in [-0.3, -0.25) is 0 Å². The molecule has 9 heteroatoms. The Labute approximate surface area is 188 Å². The molecule has 1 aliphatic heterocycles. The molecule has 0 spiro atoms. The Morgan fingerprint density at radius 1 is 0.815 bits per heavy atom. The number of nitrogens with zero attached hydrogens (tertiary/aromatic N) is 3. The van der Waals surface area contributed by atoms with Gasteiger partial charge in [-0.2, -0.15) is 0 Å². The molecule has 0 saturated carbocycles. The summed E-state index contributed by atoms with van der Waals surface area (Å²) in [5.41, 5.74) is 1.22. The highest BCUT2D eigenvalue weighted by Crippen LogP contribution is 2.45. The van der Waals surface area contributed by atoms with Crippen LogP contribution < -0.4 is 5.01 Å². The van der Waals surface area contributed by atoms with Crippen LogP contribution in [-0.4, -0.2) is 16.8 Å². The first kappa shape index (κ1) is 21.3. The molecule has 1 aliphatic rings. The molecule has 2 aromatic carbocycles. The molecule has 0 radical (unpaired) electrons. The van der Waals surface area contributed by atoms with Gasteiger partial charge in [-0.25, -0.2) is 0 Å². The zero-order chi connectivity index (χ0) is 19.9. The van der Waals surface area contributed by atoms with E-state index in [1.165, 1.54) is 0 Å². The van der Waals surface area contributed by atoms with E-state index < -0.39 is 0 Å². The molecule has 3 nitrogen and oxygen atoms in total. The summed E-state index contributed by atoms with van der Waals surface area (Å²) in [6, 6.07) is 6.65. The lowest BCUT2D eigenvalue weighted by molar-refractivity contribution is -0.538. The van der Waals surface area contributed by atoms with Crippen LogP contribution in [0.4, 0.5) is 11.4 Å². The van der Waals surface area contributed by atoms with Crippen molar-refractivity contribution in [1.29, 1.82) is 0 Å². The van der Waals surface area contributed by atoms with E-state index in [0.717, 1.165) is 12.8 Å². The van der Waals surface area contributed by atoms with Gasteiger partial charge in [0.2, 0.25) is 0 Å². The van der Waals surface area contributed by atoms with Crippen molar-refractivity contribution in [2.75, 3.05) is 5.01 Å². The van der Waals surface area contributed by atoms with Crippen molar-refractivity contribution >= 4 is 81.0 Å². The summed E-state index contributed by atoms with van der Waals surface area (Å²) >= 11 is 37.9. The van der Waals surface area contributed by atoms with E-state index in [1.54, 1.807) is 24.3 Å². The molecule has 0 saturated heterocycles. The Kier molecular flexibility index (Phi) is 6.72. The summed E-state index contributed by atoms with van der Waals surface area (Å²) in [4.78, 5) is 0. The highest BCUT2D eigenvalue weighted by atomic mass is 35.5. The second kappa shape index (κ2) is 8.52. The van der Waals surface area contributed by atoms with Crippen LogP contribution in [0.15, 0.2) is 29.5 Å². The zero-order valence-electron chi connectivity index (χ0n) is 14.5. The Hall–Kier alpha value is -0.420. The van der Waals surface area contributed by atoms with Gasteiger partial charge in [0.1, 0.15) is 0 Å². The van der Waals surface area contributed by atoms with Crippen LogP contribution in [0.5, 0.6) is 0 Å². The molecule has 0 amide bonds. The summed E-state index contributed by atoms with van der Waals surface area (Å²) in [5.74, 6) is 0. The number of halogens is 6. The molecule has 144 valence electrons. The molecule has 2 unspecified atom stereocenters. The monoisotopic (exact) mass is 484 g/mol. The lowest BCUT2D eigenvalue weighted by atomic mass is 10.0. The van der Waals surface area contributed by atoms with Crippen LogP contribution >= 0.6 is 69.6 Å². The van der Waals surface area contributed by atoms with Crippen molar-refractivity contribution in [3.8, 4) is 0 Å². The molecule has 0 bridgehead atoms. The van der Waals surface area contributed by atoms with Crippen LogP contribution in [0.25, 0.3) is 0 Å². The minimum atomic E-state index is 0.0222. The van der Waals surface area contributed by atoms with Crippen molar-refractivity contribution in [1.82, 2.24) is 0 Å². The average Bonchev–Trinajstić information content (AvgIpc) is 2.90. The molecule has 0 fully saturated rings. The second-order valence-corrected chi connectivity index (χ2v) is 8.67. The van der Waals surface area contributed by atoms with Gasteiger partial charge < -0.3 is 0 Å². The molecule has 2 aromatic rings. The Balaban J connectivity index is 2.20. The molecule has 0 aromatic heterocycles. The molecule has 1 heterocycles. The minimum absolute atomic E-state index is 0.0222. The third kappa shape index (κ3) is 4.01. The lowest BCUT2D eigenvalue weighted by Gasteiger charge is -2.19. The first-order valence-corrected chi connectivity index (χ1v) is 10.6. The standard InChI is InChI=1S/C18H16Cl6N3/c1-3-15-16(4-2)27(18-13(23)7-10(20)8-14(18)24)25-26(15)17-11(21)5-9(19)6-12(17)22/h5-8,15-16H,3-4H2,1-2H3/q+1. The first-order chi connectivity index (χ1) is 12.8. The SMILES string of the molecule is CCC1C(CC)[N+](c2c(Cl)cc(Cl)cc2Cl)=NN1c1c(Cl)cc(Cl)cc1Cl. The van der Waals surface area contributed by atoms with Crippen molar-refractivity contribution in [3.05, 3.63) is 54.4 Å². The fourth-order valence-corrected chi connectivity index (χ4v) is 5.36. The Morgan fingerprint density at radius 3 is 1.74 bits per heavy atom. The molecule has 0 aliphatic carbocycles. The first-order valence-electron chi connectivity index (χ1n) is 8.37. The van der Waals surface area contributed by atoms with Crippen LogP contribution in [0.1, 0.15) is 26.7 Å². The van der Waals surface area contributed by atoms with E-state index in [4.69, 9.17) is 74.8 Å². The molecular formula is C18H16Cl6N3+. The highest BCUT2D eigenvalue weighted by molar-refractivity contribution is 6.42. The lowest BCUT2D eigenvalue weighted by Crippen LogP contribution is -2.37. The number of rotatable bonds is 4. The summed E-state index contributed by atoms with van der Waals surface area (Å²) in [5, 5.41) is 9.26. The largest absolute Gasteiger partial charge is 0.187 e. The fourth-order valence-electron chi connectivity index (χ4n) is 3.38. The Morgan fingerprint density at radius 2 is 1.30 bits per heavy atom. The predicted molar refractivity (Wildman–Crippen MR) is 116 cm³/mol. The quantitative estimate of drug-likeness (QED) is 0.395. The summed E-state index contributed by atoms with van der Waals surface area (Å²) < 4.78 is 1.83. The number of benzene rings is 2. The van der Waals surface area contributed by atoms with E-state index >= 15 is 0 Å². The number of hydrogen-bond acceptors (Lipinski definition) is 2. The maximum atomic E-state index is 6.45. The fraction of sp³-hybridized carbons (Fsp3) is 0.333. The van der Waals surface area contributed by atoms with Crippen molar-refractivity contribution in [2.45, 2.75) is 38.8 Å². The molecule has 0 N–H and O–H groups in total. The van der Waals surface area contributed by atoms with Gasteiger partial charge in [0.15, 0.2) is 23.5 Å². The van der Waals surface area contributed by atoms with Crippen molar-refractivity contribution in [3.63, 3.8) is 0 Å². The number of hydrogen-bond donors (Lipinski definition) is 0. The van der Waals surface area contributed by atoms with Gasteiger partial charge >= 0.3 is 0 Å². The van der Waals surface area contributed by atoms with Crippen molar-refractivity contribution < 1.29 is 4.70 Å². The maximum Gasteiger partial charge on any atom is 0.187 e. The third-order valence-electron chi connectivity index (χ3n) is 4.52. The average molecular weight is 487 g/mol. The van der Waals surface area contributed by atoms with E-state index in [1.807, 2.05) is 9.71 Å². The van der Waals surface area contributed by atoms with Gasteiger partial charge in [-0.1, -0.05) is 83.5 Å².